The van der Waals surface area contributed by atoms with E-state index in [0.29, 0.717) is 5.02 Å². The van der Waals surface area contributed by atoms with Crippen LogP contribution < -0.4 is 9.62 Å². The summed E-state index contributed by atoms with van der Waals surface area (Å²) in [5.74, 6) is -0.832. The molecule has 0 heterocycles. The lowest BCUT2D eigenvalue weighted by Gasteiger charge is -2.34. The fourth-order valence-electron chi connectivity index (χ4n) is 3.97. The van der Waals surface area contributed by atoms with Gasteiger partial charge in [0.1, 0.15) is 12.6 Å². The molecule has 0 radical (unpaired) electrons. The average molecular weight is 621 g/mol. The number of nitrogens with zero attached hydrogens (tertiary/aromatic N) is 2. The van der Waals surface area contributed by atoms with Crippen LogP contribution in [0, 0.1) is 0 Å². The Bertz CT molecular complexity index is 1350. The quantitative estimate of drug-likeness (QED) is 0.326. The summed E-state index contributed by atoms with van der Waals surface area (Å²) >= 11 is 9.54. The van der Waals surface area contributed by atoms with Gasteiger partial charge in [0.2, 0.25) is 21.8 Å². The number of rotatable bonds is 11. The van der Waals surface area contributed by atoms with Crippen LogP contribution in [-0.2, 0) is 32.6 Å². The van der Waals surface area contributed by atoms with Crippen molar-refractivity contribution in [3.63, 3.8) is 0 Å². The Morgan fingerprint density at radius 2 is 1.61 bits per heavy atom. The Balaban J connectivity index is 2.05. The molecule has 1 atom stereocenters. The second kappa shape index (κ2) is 13.3. The van der Waals surface area contributed by atoms with Crippen molar-refractivity contribution in [3.8, 4) is 0 Å². The maximum Gasteiger partial charge on any atom is 0.244 e. The number of sulfonamides is 1. The minimum absolute atomic E-state index is 0.113. The fraction of sp³-hybridized carbons (Fsp3) is 0.286. The first-order valence-corrected chi connectivity index (χ1v) is 15.1. The molecule has 202 valence electrons. The summed E-state index contributed by atoms with van der Waals surface area (Å²) < 4.78 is 27.4. The van der Waals surface area contributed by atoms with Crippen molar-refractivity contribution in [2.45, 2.75) is 38.9 Å². The van der Waals surface area contributed by atoms with Crippen LogP contribution in [-0.4, -0.2) is 50.0 Å². The van der Waals surface area contributed by atoms with Crippen LogP contribution in [0.2, 0.25) is 5.02 Å². The largest absolute Gasteiger partial charge is 0.352 e. The molecule has 0 aliphatic rings. The van der Waals surface area contributed by atoms with Crippen LogP contribution in [0.5, 0.6) is 0 Å². The van der Waals surface area contributed by atoms with E-state index >= 15 is 0 Å². The molecule has 0 spiro atoms. The normalized spacial score (nSPS) is 12.2. The lowest BCUT2D eigenvalue weighted by Crippen LogP contribution is -2.54. The van der Waals surface area contributed by atoms with Gasteiger partial charge < -0.3 is 10.2 Å². The Morgan fingerprint density at radius 1 is 0.947 bits per heavy atom. The van der Waals surface area contributed by atoms with Crippen molar-refractivity contribution in [1.82, 2.24) is 10.2 Å². The first-order chi connectivity index (χ1) is 17.9. The Morgan fingerprint density at radius 3 is 2.18 bits per heavy atom. The topological polar surface area (TPSA) is 86.8 Å². The fourth-order valence-corrected chi connectivity index (χ4v) is 5.26. The van der Waals surface area contributed by atoms with Crippen LogP contribution >= 0.6 is 27.5 Å². The summed E-state index contributed by atoms with van der Waals surface area (Å²) in [6.07, 6.45) is 1.30. The van der Waals surface area contributed by atoms with Crippen molar-refractivity contribution < 1.29 is 18.0 Å². The zero-order valence-electron chi connectivity index (χ0n) is 21.5. The van der Waals surface area contributed by atoms with Crippen LogP contribution in [0.25, 0.3) is 0 Å². The molecule has 0 aromatic heterocycles. The third-order valence-electron chi connectivity index (χ3n) is 5.74. The van der Waals surface area contributed by atoms with Crippen molar-refractivity contribution in [2.24, 2.45) is 0 Å². The van der Waals surface area contributed by atoms with Gasteiger partial charge in [-0.25, -0.2) is 8.42 Å². The molecule has 7 nitrogen and oxygen atoms in total. The van der Waals surface area contributed by atoms with Gasteiger partial charge in [-0.3, -0.25) is 13.9 Å². The zero-order chi connectivity index (χ0) is 27.9. The molecule has 3 aromatic carbocycles. The van der Waals surface area contributed by atoms with Crippen LogP contribution in [0.1, 0.15) is 25.0 Å². The second-order valence-corrected chi connectivity index (χ2v) is 12.5. The number of halogens is 2. The number of anilines is 1. The van der Waals surface area contributed by atoms with Gasteiger partial charge >= 0.3 is 0 Å². The van der Waals surface area contributed by atoms with Gasteiger partial charge in [0.25, 0.3) is 0 Å². The van der Waals surface area contributed by atoms with Gasteiger partial charge in [-0.15, -0.1) is 0 Å². The van der Waals surface area contributed by atoms with E-state index in [1.165, 1.54) is 11.0 Å². The van der Waals surface area contributed by atoms with Gasteiger partial charge in [-0.05, 0) is 55.3 Å². The SMILES string of the molecule is CC(C)NC(=O)[C@@H](Cc1ccccc1)N(Cc1ccc(Br)cc1)C(=O)CN(c1cccc(Cl)c1)S(C)(=O)=O. The predicted octanol–water partition coefficient (Wildman–Crippen LogP) is 5.03. The molecule has 38 heavy (non-hydrogen) atoms. The third-order valence-corrected chi connectivity index (χ3v) is 7.65. The number of nitrogens with one attached hydrogen (secondary N) is 1. The van der Waals surface area contributed by atoms with Gasteiger partial charge in [-0.1, -0.05) is 76.1 Å². The molecular formula is C28H31BrClN3O4S. The smallest absolute Gasteiger partial charge is 0.244 e. The van der Waals surface area contributed by atoms with Crippen LogP contribution in [0.15, 0.2) is 83.3 Å². The number of hydrogen-bond donors (Lipinski definition) is 1. The molecular weight excluding hydrogens is 590 g/mol. The van der Waals surface area contributed by atoms with E-state index in [2.05, 4.69) is 21.2 Å². The Hall–Kier alpha value is -2.88. The van der Waals surface area contributed by atoms with Gasteiger partial charge in [0.15, 0.2) is 0 Å². The van der Waals surface area contributed by atoms with Crippen molar-refractivity contribution in [3.05, 3.63) is 99.5 Å². The molecule has 0 saturated carbocycles. The predicted molar refractivity (Wildman–Crippen MR) is 156 cm³/mol. The molecule has 0 aliphatic heterocycles. The monoisotopic (exact) mass is 619 g/mol. The lowest BCUT2D eigenvalue weighted by molar-refractivity contribution is -0.140. The molecule has 0 aliphatic carbocycles. The molecule has 2 amide bonds. The number of carbonyl (C=O) groups is 2. The van der Waals surface area contributed by atoms with E-state index in [1.54, 1.807) is 18.2 Å². The van der Waals surface area contributed by atoms with Gasteiger partial charge in [0.05, 0.1) is 11.9 Å². The van der Waals surface area contributed by atoms with E-state index in [1.807, 2.05) is 68.4 Å². The van der Waals surface area contributed by atoms with E-state index in [4.69, 9.17) is 11.6 Å². The molecule has 0 saturated heterocycles. The molecule has 3 aromatic rings. The van der Waals surface area contributed by atoms with Gasteiger partial charge in [0, 0.05) is 28.5 Å². The third kappa shape index (κ3) is 8.58. The summed E-state index contributed by atoms with van der Waals surface area (Å²) in [5, 5.41) is 3.27. The standard InChI is InChI=1S/C28H31BrClN3O4S/c1-20(2)31-28(35)26(16-21-8-5-4-6-9-21)32(18-22-12-14-23(29)15-13-22)27(34)19-33(38(3,36)37)25-11-7-10-24(30)17-25/h4-15,17,20,26H,16,18-19H2,1-3H3,(H,31,35)/t26-/m1/s1. The summed E-state index contributed by atoms with van der Waals surface area (Å²) in [4.78, 5) is 28.9. The Labute approximate surface area is 238 Å². The minimum Gasteiger partial charge on any atom is -0.352 e. The maximum absolute atomic E-state index is 13.9. The van der Waals surface area contributed by atoms with Gasteiger partial charge in [-0.2, -0.15) is 0 Å². The first-order valence-electron chi connectivity index (χ1n) is 12.1. The molecule has 0 bridgehead atoms. The summed E-state index contributed by atoms with van der Waals surface area (Å²) in [6.45, 7) is 3.32. The van der Waals surface area contributed by atoms with E-state index in [-0.39, 0.29) is 30.6 Å². The number of amides is 2. The molecule has 3 rings (SSSR count). The highest BCUT2D eigenvalue weighted by Gasteiger charge is 2.33. The molecule has 0 fully saturated rings. The number of carbonyl (C=O) groups excluding carboxylic acids is 2. The highest BCUT2D eigenvalue weighted by atomic mass is 79.9. The average Bonchev–Trinajstić information content (AvgIpc) is 2.85. The lowest BCUT2D eigenvalue weighted by atomic mass is 10.0. The van der Waals surface area contributed by atoms with Crippen molar-refractivity contribution >= 4 is 55.1 Å². The number of hydrogen-bond acceptors (Lipinski definition) is 4. The summed E-state index contributed by atoms with van der Waals surface area (Å²) in [6, 6.07) is 22.1. The highest BCUT2D eigenvalue weighted by molar-refractivity contribution is 9.10. The Kier molecular flexibility index (Phi) is 10.4. The number of benzene rings is 3. The second-order valence-electron chi connectivity index (χ2n) is 9.27. The summed E-state index contributed by atoms with van der Waals surface area (Å²) in [7, 11) is -3.85. The molecule has 0 unspecified atom stereocenters. The van der Waals surface area contributed by atoms with Crippen LogP contribution in [0.3, 0.4) is 0 Å². The molecule has 1 N–H and O–H groups in total. The highest BCUT2D eigenvalue weighted by Crippen LogP contribution is 2.23. The van der Waals surface area contributed by atoms with Crippen molar-refractivity contribution in [1.29, 1.82) is 0 Å². The minimum atomic E-state index is -3.85. The molecule has 10 heteroatoms. The van der Waals surface area contributed by atoms with Crippen molar-refractivity contribution in [2.75, 3.05) is 17.1 Å². The van der Waals surface area contributed by atoms with Crippen LogP contribution in [0.4, 0.5) is 5.69 Å². The maximum atomic E-state index is 13.9. The van der Waals surface area contributed by atoms with E-state index in [9.17, 15) is 18.0 Å². The zero-order valence-corrected chi connectivity index (χ0v) is 24.6. The van der Waals surface area contributed by atoms with E-state index in [0.717, 1.165) is 26.2 Å². The summed E-state index contributed by atoms with van der Waals surface area (Å²) in [5.41, 5.74) is 1.94. The van der Waals surface area contributed by atoms with E-state index < -0.39 is 28.5 Å². The first kappa shape index (κ1) is 29.7.